The number of carbonyl (C=O) groups is 2. The number of para-hydroxylation sites is 1. The largest absolute Gasteiger partial charge is 0.496 e. The van der Waals surface area contributed by atoms with Crippen LogP contribution in [0.2, 0.25) is 0 Å². The van der Waals surface area contributed by atoms with E-state index in [-0.39, 0.29) is 19.1 Å². The molecule has 8 heteroatoms. The van der Waals surface area contributed by atoms with Crippen molar-refractivity contribution in [2.45, 2.75) is 45.9 Å². The van der Waals surface area contributed by atoms with Crippen LogP contribution in [0.15, 0.2) is 53.0 Å². The molecule has 3 aromatic carbocycles. The Bertz CT molecular complexity index is 1280. The molecule has 1 N–H and O–H groups in total. The second kappa shape index (κ2) is 9.77. The number of nitrogens with one attached hydrogen (secondary N) is 1. The van der Waals surface area contributed by atoms with Crippen molar-refractivity contribution < 1.29 is 23.8 Å². The summed E-state index contributed by atoms with van der Waals surface area (Å²) < 4.78 is 18.1. The molecule has 7 nitrogen and oxygen atoms in total. The number of rotatable bonds is 4. The Morgan fingerprint density at radius 3 is 2.69 bits per heavy atom. The van der Waals surface area contributed by atoms with E-state index in [1.54, 1.807) is 32.8 Å². The molecule has 184 valence electrons. The first kappa shape index (κ1) is 24.9. The lowest BCUT2D eigenvalue weighted by atomic mass is 10.0. The number of amides is 2. The number of benzene rings is 3. The fourth-order valence-corrected chi connectivity index (χ4v) is 4.53. The van der Waals surface area contributed by atoms with Crippen molar-refractivity contribution in [3.63, 3.8) is 0 Å². The average molecular weight is 541 g/mol. The molecule has 1 atom stereocenters. The topological polar surface area (TPSA) is 77.1 Å². The Balaban J connectivity index is 1.77. The molecule has 1 aliphatic heterocycles. The Morgan fingerprint density at radius 2 is 1.97 bits per heavy atom. The number of hydrogen-bond acceptors (Lipinski definition) is 5. The summed E-state index contributed by atoms with van der Waals surface area (Å²) in [7, 11) is 1.61. The first-order valence-electron chi connectivity index (χ1n) is 11.4. The highest BCUT2D eigenvalue weighted by molar-refractivity contribution is 9.10. The van der Waals surface area contributed by atoms with E-state index in [0.29, 0.717) is 17.2 Å². The molecule has 3 aromatic rings. The van der Waals surface area contributed by atoms with Gasteiger partial charge in [-0.15, -0.1) is 0 Å². The molecule has 0 aromatic heterocycles. The van der Waals surface area contributed by atoms with Gasteiger partial charge in [-0.1, -0.05) is 40.2 Å². The SMILES string of the molecule is COc1ccc2cc(Br)ccc2c1CN1C(=O)[C@@H](NC(=O)OC(C)(C)C)COc2c(C)cccc21. The van der Waals surface area contributed by atoms with Crippen molar-refractivity contribution in [3.8, 4) is 11.5 Å². The van der Waals surface area contributed by atoms with E-state index in [2.05, 4.69) is 21.2 Å². The van der Waals surface area contributed by atoms with Gasteiger partial charge >= 0.3 is 6.09 Å². The summed E-state index contributed by atoms with van der Waals surface area (Å²) in [5.74, 6) is 0.983. The van der Waals surface area contributed by atoms with Crippen molar-refractivity contribution in [2.75, 3.05) is 18.6 Å². The van der Waals surface area contributed by atoms with Crippen LogP contribution in [0.5, 0.6) is 11.5 Å². The number of anilines is 1. The van der Waals surface area contributed by atoms with Crippen molar-refractivity contribution in [2.24, 2.45) is 0 Å². The zero-order valence-corrected chi connectivity index (χ0v) is 22.1. The van der Waals surface area contributed by atoms with E-state index < -0.39 is 17.7 Å². The fraction of sp³-hybridized carbons (Fsp3) is 0.333. The quantitative estimate of drug-likeness (QED) is 0.456. The van der Waals surface area contributed by atoms with Crippen LogP contribution < -0.4 is 19.7 Å². The lowest BCUT2D eigenvalue weighted by Crippen LogP contribution is -2.51. The third-order valence-electron chi connectivity index (χ3n) is 5.72. The van der Waals surface area contributed by atoms with Gasteiger partial charge in [0.1, 0.15) is 29.7 Å². The van der Waals surface area contributed by atoms with E-state index in [0.717, 1.165) is 26.4 Å². The summed E-state index contributed by atoms with van der Waals surface area (Å²) in [4.78, 5) is 28.0. The highest BCUT2D eigenvalue weighted by atomic mass is 79.9. The molecule has 0 radical (unpaired) electrons. The molecule has 35 heavy (non-hydrogen) atoms. The van der Waals surface area contributed by atoms with E-state index >= 15 is 0 Å². The van der Waals surface area contributed by atoms with Gasteiger partial charge in [0.25, 0.3) is 5.91 Å². The number of methoxy groups -OCH3 is 1. The maximum absolute atomic E-state index is 13.8. The maximum atomic E-state index is 13.8. The van der Waals surface area contributed by atoms with E-state index in [4.69, 9.17) is 14.2 Å². The number of hydrogen-bond donors (Lipinski definition) is 1. The van der Waals surface area contributed by atoms with Crippen molar-refractivity contribution in [1.82, 2.24) is 5.32 Å². The Morgan fingerprint density at radius 1 is 1.20 bits per heavy atom. The van der Waals surface area contributed by atoms with E-state index in [1.807, 2.05) is 55.5 Å². The Labute approximate surface area is 213 Å². The average Bonchev–Trinajstić information content (AvgIpc) is 2.90. The number of ether oxygens (including phenoxy) is 3. The number of aryl methyl sites for hydroxylation is 1. The number of halogens is 1. The van der Waals surface area contributed by atoms with Crippen LogP contribution in [0.1, 0.15) is 31.9 Å². The second-order valence-electron chi connectivity index (χ2n) is 9.47. The molecule has 0 bridgehead atoms. The zero-order chi connectivity index (χ0) is 25.3. The molecule has 1 heterocycles. The summed E-state index contributed by atoms with van der Waals surface area (Å²) >= 11 is 3.53. The minimum Gasteiger partial charge on any atom is -0.496 e. The second-order valence-corrected chi connectivity index (χ2v) is 10.4. The molecule has 0 saturated carbocycles. The maximum Gasteiger partial charge on any atom is 0.408 e. The number of carbonyl (C=O) groups excluding carboxylic acids is 2. The van der Waals surface area contributed by atoms with Crippen LogP contribution in [0.3, 0.4) is 0 Å². The predicted molar refractivity (Wildman–Crippen MR) is 139 cm³/mol. The van der Waals surface area contributed by atoms with E-state index in [1.165, 1.54) is 0 Å². The summed E-state index contributed by atoms with van der Waals surface area (Å²) in [6.07, 6.45) is -0.672. The summed E-state index contributed by atoms with van der Waals surface area (Å²) in [6, 6.07) is 14.6. The van der Waals surface area contributed by atoms with Crippen molar-refractivity contribution in [1.29, 1.82) is 0 Å². The molecular formula is C27H29BrN2O5. The van der Waals surface area contributed by atoms with Gasteiger partial charge in [0.05, 0.1) is 19.3 Å². The monoisotopic (exact) mass is 540 g/mol. The van der Waals surface area contributed by atoms with Crippen molar-refractivity contribution in [3.05, 3.63) is 64.1 Å². The van der Waals surface area contributed by atoms with Crippen LogP contribution in [-0.4, -0.2) is 37.4 Å². The molecule has 0 unspecified atom stereocenters. The molecule has 0 saturated heterocycles. The van der Waals surface area contributed by atoms with Gasteiger partial charge in [-0.2, -0.15) is 0 Å². The zero-order valence-electron chi connectivity index (χ0n) is 20.5. The lowest BCUT2D eigenvalue weighted by molar-refractivity contribution is -0.121. The first-order chi connectivity index (χ1) is 16.6. The van der Waals surface area contributed by atoms with Crippen molar-refractivity contribution >= 4 is 44.4 Å². The minimum atomic E-state index is -0.924. The molecular weight excluding hydrogens is 512 g/mol. The molecule has 1 aliphatic rings. The van der Waals surface area contributed by atoms with Crippen LogP contribution in [0.25, 0.3) is 10.8 Å². The van der Waals surface area contributed by atoms with Gasteiger partial charge in [-0.05, 0) is 68.3 Å². The van der Waals surface area contributed by atoms with Gasteiger partial charge in [-0.25, -0.2) is 4.79 Å². The highest BCUT2D eigenvalue weighted by Crippen LogP contribution is 2.38. The normalized spacial score (nSPS) is 15.8. The standard InChI is InChI=1S/C27H29BrN2O5/c1-16-7-6-8-22-24(16)34-15-21(29-26(32)35-27(2,3)4)25(31)30(22)14-20-19-11-10-18(28)13-17(19)9-12-23(20)33-5/h6-13,21H,14-15H2,1-5H3,(H,29,32)/t21-/m0/s1. The van der Waals surface area contributed by atoms with E-state index in [9.17, 15) is 9.59 Å². The molecule has 0 fully saturated rings. The summed E-state index contributed by atoms with van der Waals surface area (Å²) in [6.45, 7) is 7.47. The van der Waals surface area contributed by atoms with Crippen LogP contribution in [0, 0.1) is 6.92 Å². The molecule has 0 aliphatic carbocycles. The smallest absolute Gasteiger partial charge is 0.408 e. The highest BCUT2D eigenvalue weighted by Gasteiger charge is 2.35. The number of nitrogens with zero attached hydrogens (tertiary/aromatic N) is 1. The fourth-order valence-electron chi connectivity index (χ4n) is 4.16. The van der Waals surface area contributed by atoms with Crippen LogP contribution >= 0.6 is 15.9 Å². The summed E-state index contributed by atoms with van der Waals surface area (Å²) in [5, 5.41) is 4.68. The number of fused-ring (bicyclic) bond motifs is 2. The Kier molecular flexibility index (Phi) is 6.94. The Hall–Kier alpha value is -3.26. The predicted octanol–water partition coefficient (Wildman–Crippen LogP) is 5.74. The van der Waals surface area contributed by atoms with Crippen LogP contribution in [0.4, 0.5) is 10.5 Å². The third-order valence-corrected chi connectivity index (χ3v) is 6.21. The van der Waals surface area contributed by atoms with Gasteiger partial charge in [-0.3, -0.25) is 4.79 Å². The van der Waals surface area contributed by atoms with Crippen LogP contribution in [-0.2, 0) is 16.1 Å². The van der Waals surface area contributed by atoms with Gasteiger partial charge in [0.2, 0.25) is 0 Å². The number of alkyl carbamates (subject to hydrolysis) is 1. The van der Waals surface area contributed by atoms with Gasteiger partial charge in [0, 0.05) is 10.0 Å². The molecule has 2 amide bonds. The lowest BCUT2D eigenvalue weighted by Gasteiger charge is -2.27. The molecule has 0 spiro atoms. The first-order valence-corrected chi connectivity index (χ1v) is 12.1. The minimum absolute atomic E-state index is 0.00789. The van der Waals surface area contributed by atoms with Gasteiger partial charge < -0.3 is 24.4 Å². The third kappa shape index (κ3) is 5.37. The van der Waals surface area contributed by atoms with Gasteiger partial charge in [0.15, 0.2) is 0 Å². The molecule has 4 rings (SSSR count). The summed E-state index contributed by atoms with van der Waals surface area (Å²) in [5.41, 5.74) is 1.70.